The third kappa shape index (κ3) is 3.27. The van der Waals surface area contributed by atoms with Crippen molar-refractivity contribution in [2.24, 2.45) is 5.92 Å². The SMILES string of the molecule is CCC(CNC(=O)c1cc(Cl)c[nH]1)C(=O)O. The van der Waals surface area contributed by atoms with E-state index in [1.165, 1.54) is 12.3 Å². The Kier molecular flexibility index (Phi) is 4.37. The first-order valence-corrected chi connectivity index (χ1v) is 5.27. The molecule has 1 aromatic rings. The van der Waals surface area contributed by atoms with Crippen molar-refractivity contribution in [1.82, 2.24) is 10.3 Å². The molecule has 0 aromatic carbocycles. The summed E-state index contributed by atoms with van der Waals surface area (Å²) in [6, 6.07) is 1.48. The van der Waals surface area contributed by atoms with E-state index in [4.69, 9.17) is 16.7 Å². The number of carbonyl (C=O) groups is 2. The first kappa shape index (κ1) is 12.6. The van der Waals surface area contributed by atoms with Crippen LogP contribution >= 0.6 is 11.6 Å². The predicted octanol–water partition coefficient (Wildman–Crippen LogP) is 1.51. The van der Waals surface area contributed by atoms with Crippen LogP contribution in [0.4, 0.5) is 0 Å². The normalized spacial score (nSPS) is 12.1. The molecule has 1 amide bonds. The molecule has 0 spiro atoms. The molecule has 88 valence electrons. The maximum absolute atomic E-state index is 11.5. The molecule has 0 fully saturated rings. The average Bonchev–Trinajstić information content (AvgIpc) is 2.65. The lowest BCUT2D eigenvalue weighted by Crippen LogP contribution is -2.32. The summed E-state index contributed by atoms with van der Waals surface area (Å²) in [5, 5.41) is 11.8. The molecule has 1 atom stereocenters. The van der Waals surface area contributed by atoms with E-state index in [9.17, 15) is 9.59 Å². The standard InChI is InChI=1S/C10H13ClN2O3/c1-2-6(10(15)16)4-13-9(14)8-3-7(11)5-12-8/h3,5-6,12H,2,4H2,1H3,(H,13,14)(H,15,16). The van der Waals surface area contributed by atoms with Crippen LogP contribution in [0.3, 0.4) is 0 Å². The fourth-order valence-electron chi connectivity index (χ4n) is 1.22. The van der Waals surface area contributed by atoms with E-state index in [1.54, 1.807) is 6.92 Å². The number of hydrogen-bond acceptors (Lipinski definition) is 2. The fraction of sp³-hybridized carbons (Fsp3) is 0.400. The number of carbonyl (C=O) groups excluding carboxylic acids is 1. The molecule has 1 aromatic heterocycles. The summed E-state index contributed by atoms with van der Waals surface area (Å²) in [6.07, 6.45) is 1.96. The molecule has 1 heterocycles. The Labute approximate surface area is 97.8 Å². The van der Waals surface area contributed by atoms with E-state index < -0.39 is 11.9 Å². The molecule has 16 heavy (non-hydrogen) atoms. The number of carboxylic acid groups (broad SMARTS) is 1. The fourth-order valence-corrected chi connectivity index (χ4v) is 1.38. The first-order valence-electron chi connectivity index (χ1n) is 4.89. The van der Waals surface area contributed by atoms with Gasteiger partial charge in [0.2, 0.25) is 0 Å². The van der Waals surface area contributed by atoms with Gasteiger partial charge in [-0.1, -0.05) is 18.5 Å². The number of amides is 1. The minimum absolute atomic E-state index is 0.112. The lowest BCUT2D eigenvalue weighted by atomic mass is 10.1. The Bertz CT molecular complexity index is 389. The molecular weight excluding hydrogens is 232 g/mol. The quantitative estimate of drug-likeness (QED) is 0.734. The summed E-state index contributed by atoms with van der Waals surface area (Å²) in [4.78, 5) is 24.9. The molecule has 0 radical (unpaired) electrons. The zero-order valence-corrected chi connectivity index (χ0v) is 9.54. The third-order valence-electron chi connectivity index (χ3n) is 2.24. The summed E-state index contributed by atoms with van der Waals surface area (Å²) >= 11 is 5.64. The lowest BCUT2D eigenvalue weighted by Gasteiger charge is -2.10. The third-order valence-corrected chi connectivity index (χ3v) is 2.46. The Balaban J connectivity index is 2.49. The van der Waals surface area contributed by atoms with Crippen LogP contribution in [0.1, 0.15) is 23.8 Å². The number of aromatic amines is 1. The second-order valence-corrected chi connectivity index (χ2v) is 3.82. The maximum Gasteiger partial charge on any atom is 0.308 e. The van der Waals surface area contributed by atoms with Crippen LogP contribution < -0.4 is 5.32 Å². The number of halogens is 1. The summed E-state index contributed by atoms with van der Waals surface area (Å²) in [5.41, 5.74) is 0.324. The van der Waals surface area contributed by atoms with E-state index in [-0.39, 0.29) is 12.5 Å². The number of rotatable bonds is 5. The van der Waals surface area contributed by atoms with Gasteiger partial charge in [-0.2, -0.15) is 0 Å². The Morgan fingerprint density at radius 1 is 1.62 bits per heavy atom. The Morgan fingerprint density at radius 2 is 2.31 bits per heavy atom. The van der Waals surface area contributed by atoms with E-state index in [0.717, 1.165) is 0 Å². The van der Waals surface area contributed by atoms with Crippen molar-refractivity contribution in [3.8, 4) is 0 Å². The van der Waals surface area contributed by atoms with Crippen LogP contribution in [0.5, 0.6) is 0 Å². The van der Waals surface area contributed by atoms with Crippen molar-refractivity contribution >= 4 is 23.5 Å². The summed E-state index contributed by atoms with van der Waals surface area (Å²) < 4.78 is 0. The highest BCUT2D eigenvalue weighted by molar-refractivity contribution is 6.30. The monoisotopic (exact) mass is 244 g/mol. The molecule has 1 unspecified atom stereocenters. The molecule has 0 aliphatic heterocycles. The molecule has 1 rings (SSSR count). The van der Waals surface area contributed by atoms with Gasteiger partial charge >= 0.3 is 5.97 Å². The van der Waals surface area contributed by atoms with Crippen molar-refractivity contribution in [1.29, 1.82) is 0 Å². The number of carboxylic acids is 1. The number of nitrogens with one attached hydrogen (secondary N) is 2. The van der Waals surface area contributed by atoms with Gasteiger partial charge in [-0.05, 0) is 12.5 Å². The molecule has 0 aliphatic rings. The van der Waals surface area contributed by atoms with Crippen LogP contribution in [0.25, 0.3) is 0 Å². The van der Waals surface area contributed by atoms with Gasteiger partial charge in [0.1, 0.15) is 5.69 Å². The number of aliphatic carboxylic acids is 1. The number of aromatic nitrogens is 1. The zero-order chi connectivity index (χ0) is 12.1. The van der Waals surface area contributed by atoms with Crippen LogP contribution in [0.2, 0.25) is 5.02 Å². The number of H-pyrrole nitrogens is 1. The minimum atomic E-state index is -0.910. The van der Waals surface area contributed by atoms with Crippen molar-refractivity contribution in [2.45, 2.75) is 13.3 Å². The molecule has 3 N–H and O–H groups in total. The smallest absolute Gasteiger partial charge is 0.308 e. The number of hydrogen-bond donors (Lipinski definition) is 3. The molecule has 0 aliphatic carbocycles. The Morgan fingerprint density at radius 3 is 2.75 bits per heavy atom. The first-order chi connectivity index (χ1) is 7.54. The molecule has 0 saturated carbocycles. The van der Waals surface area contributed by atoms with E-state index in [1.807, 2.05) is 0 Å². The Hall–Kier alpha value is -1.49. The summed E-state index contributed by atoms with van der Waals surface area (Å²) in [5.74, 6) is -1.83. The molecular formula is C10H13ClN2O3. The van der Waals surface area contributed by atoms with Crippen molar-refractivity contribution in [3.05, 3.63) is 23.0 Å². The van der Waals surface area contributed by atoms with E-state index in [0.29, 0.717) is 17.1 Å². The molecule has 0 saturated heterocycles. The van der Waals surface area contributed by atoms with Gasteiger partial charge < -0.3 is 15.4 Å². The maximum atomic E-state index is 11.5. The highest BCUT2D eigenvalue weighted by Gasteiger charge is 2.16. The lowest BCUT2D eigenvalue weighted by molar-refractivity contribution is -0.141. The largest absolute Gasteiger partial charge is 0.481 e. The van der Waals surface area contributed by atoms with Gasteiger partial charge in [0.15, 0.2) is 0 Å². The van der Waals surface area contributed by atoms with Gasteiger partial charge in [0.25, 0.3) is 5.91 Å². The summed E-state index contributed by atoms with van der Waals surface area (Å²) in [7, 11) is 0. The highest BCUT2D eigenvalue weighted by Crippen LogP contribution is 2.09. The van der Waals surface area contributed by atoms with Gasteiger partial charge in [0, 0.05) is 12.7 Å². The van der Waals surface area contributed by atoms with Gasteiger partial charge in [-0.3, -0.25) is 9.59 Å². The summed E-state index contributed by atoms with van der Waals surface area (Å²) in [6.45, 7) is 1.87. The van der Waals surface area contributed by atoms with Crippen LogP contribution in [-0.4, -0.2) is 28.5 Å². The van der Waals surface area contributed by atoms with E-state index in [2.05, 4.69) is 10.3 Å². The molecule has 0 bridgehead atoms. The van der Waals surface area contributed by atoms with Crippen LogP contribution in [0, 0.1) is 5.92 Å². The highest BCUT2D eigenvalue weighted by atomic mass is 35.5. The van der Waals surface area contributed by atoms with Crippen LogP contribution in [-0.2, 0) is 4.79 Å². The second kappa shape index (κ2) is 5.55. The van der Waals surface area contributed by atoms with E-state index >= 15 is 0 Å². The average molecular weight is 245 g/mol. The second-order valence-electron chi connectivity index (χ2n) is 3.39. The molecule has 6 heteroatoms. The van der Waals surface area contributed by atoms with Gasteiger partial charge in [-0.25, -0.2) is 0 Å². The topological polar surface area (TPSA) is 82.2 Å². The van der Waals surface area contributed by atoms with Crippen molar-refractivity contribution < 1.29 is 14.7 Å². The van der Waals surface area contributed by atoms with Gasteiger partial charge in [-0.15, -0.1) is 0 Å². The van der Waals surface area contributed by atoms with Crippen LogP contribution in [0.15, 0.2) is 12.3 Å². The minimum Gasteiger partial charge on any atom is -0.481 e. The van der Waals surface area contributed by atoms with Crippen molar-refractivity contribution in [3.63, 3.8) is 0 Å². The zero-order valence-electron chi connectivity index (χ0n) is 8.79. The predicted molar refractivity (Wildman–Crippen MR) is 59.6 cm³/mol. The van der Waals surface area contributed by atoms with Gasteiger partial charge in [0.05, 0.1) is 10.9 Å². The van der Waals surface area contributed by atoms with Crippen molar-refractivity contribution in [2.75, 3.05) is 6.54 Å². The molecule has 5 nitrogen and oxygen atoms in total.